The average Bonchev–Trinajstić information content (AvgIpc) is 2.47. The summed E-state index contributed by atoms with van der Waals surface area (Å²) >= 11 is 1.99. The summed E-state index contributed by atoms with van der Waals surface area (Å²) in [7, 11) is 1.70. The van der Waals surface area contributed by atoms with Crippen LogP contribution in [0, 0.1) is 11.3 Å². The molecular weight excluding hydrogens is 292 g/mol. The Morgan fingerprint density at radius 1 is 1.32 bits per heavy atom. The fourth-order valence-corrected chi connectivity index (χ4v) is 4.93. The Labute approximate surface area is 136 Å². The summed E-state index contributed by atoms with van der Waals surface area (Å²) in [5, 5.41) is 1.23. The van der Waals surface area contributed by atoms with Crippen LogP contribution in [0.5, 0.6) is 5.75 Å². The van der Waals surface area contributed by atoms with Crippen LogP contribution in [-0.2, 0) is 0 Å². The largest absolute Gasteiger partial charge is 0.497 e. The van der Waals surface area contributed by atoms with E-state index >= 15 is 0 Å². The molecule has 0 radical (unpaired) electrons. The van der Waals surface area contributed by atoms with Crippen molar-refractivity contribution in [3.8, 4) is 5.75 Å². The fraction of sp³-hybridized carbons (Fsp3) is 0.500. The lowest BCUT2D eigenvalue weighted by Crippen LogP contribution is -2.62. The van der Waals surface area contributed by atoms with Crippen LogP contribution >= 0.6 is 11.8 Å². The summed E-state index contributed by atoms with van der Waals surface area (Å²) in [5.41, 5.74) is 2.96. The number of hydrogen-bond acceptors (Lipinski definition) is 4. The number of benzene rings is 1. The maximum atomic E-state index is 5.30. The zero-order chi connectivity index (χ0) is 15.2. The number of methoxy groups -OCH3 is 1. The summed E-state index contributed by atoms with van der Waals surface area (Å²) < 4.78 is 5.30. The van der Waals surface area contributed by atoms with Gasteiger partial charge in [-0.25, -0.2) is 0 Å². The SMILES string of the molecule is COc1ccc2c(N3CC4(CC(CSC)C4)C3)ccnc2c1. The molecule has 4 heteroatoms. The zero-order valence-electron chi connectivity index (χ0n) is 13.2. The molecule has 1 aliphatic heterocycles. The van der Waals surface area contributed by atoms with Crippen LogP contribution in [0.25, 0.3) is 10.9 Å². The Hall–Kier alpha value is -1.42. The number of ether oxygens (including phenoxy) is 1. The van der Waals surface area contributed by atoms with Gasteiger partial charge in [-0.2, -0.15) is 11.8 Å². The van der Waals surface area contributed by atoms with E-state index in [9.17, 15) is 0 Å². The van der Waals surface area contributed by atoms with Gasteiger partial charge in [0.05, 0.1) is 12.6 Å². The van der Waals surface area contributed by atoms with Crippen molar-refractivity contribution in [3.05, 3.63) is 30.5 Å². The third kappa shape index (κ3) is 2.24. The Bertz CT molecular complexity index is 689. The second-order valence-electron chi connectivity index (χ2n) is 6.80. The molecule has 0 unspecified atom stereocenters. The minimum absolute atomic E-state index is 0.614. The Kier molecular flexibility index (Phi) is 3.44. The molecule has 2 heterocycles. The topological polar surface area (TPSA) is 25.4 Å². The van der Waals surface area contributed by atoms with E-state index < -0.39 is 0 Å². The molecule has 1 saturated carbocycles. The van der Waals surface area contributed by atoms with Crippen molar-refractivity contribution < 1.29 is 4.74 Å². The molecule has 1 aromatic heterocycles. The molecule has 0 atom stereocenters. The summed E-state index contributed by atoms with van der Waals surface area (Å²) in [4.78, 5) is 7.01. The minimum atomic E-state index is 0.614. The van der Waals surface area contributed by atoms with Gasteiger partial charge in [0, 0.05) is 41.8 Å². The van der Waals surface area contributed by atoms with Crippen LogP contribution in [0.3, 0.4) is 0 Å². The highest BCUT2D eigenvalue weighted by Crippen LogP contribution is 2.54. The standard InChI is InChI=1S/C18H22N2OS/c1-21-14-3-4-15-16(7-14)19-6-5-17(15)20-11-18(12-20)8-13(9-18)10-22-2/h3-7,13H,8-12H2,1-2H3. The predicted octanol–water partition coefficient (Wildman–Crippen LogP) is 3.82. The number of hydrogen-bond donors (Lipinski definition) is 0. The lowest BCUT2D eigenvalue weighted by Gasteiger charge is -2.60. The fourth-order valence-electron chi connectivity index (χ4n) is 4.23. The van der Waals surface area contributed by atoms with Gasteiger partial charge in [0.25, 0.3) is 0 Å². The summed E-state index contributed by atoms with van der Waals surface area (Å²) in [5.74, 6) is 3.16. The zero-order valence-corrected chi connectivity index (χ0v) is 14.0. The Balaban J connectivity index is 1.52. The van der Waals surface area contributed by atoms with Crippen LogP contribution in [0.1, 0.15) is 12.8 Å². The monoisotopic (exact) mass is 314 g/mol. The average molecular weight is 314 g/mol. The molecule has 1 aromatic carbocycles. The number of rotatable bonds is 4. The van der Waals surface area contributed by atoms with Gasteiger partial charge in [-0.15, -0.1) is 0 Å². The van der Waals surface area contributed by atoms with E-state index in [0.29, 0.717) is 5.41 Å². The van der Waals surface area contributed by atoms with Crippen molar-refractivity contribution in [2.24, 2.45) is 11.3 Å². The van der Waals surface area contributed by atoms with Crippen LogP contribution in [0.15, 0.2) is 30.5 Å². The number of aromatic nitrogens is 1. The quantitative estimate of drug-likeness (QED) is 0.856. The van der Waals surface area contributed by atoms with Gasteiger partial charge >= 0.3 is 0 Å². The van der Waals surface area contributed by atoms with Gasteiger partial charge < -0.3 is 9.64 Å². The first kappa shape index (κ1) is 14.2. The molecule has 1 saturated heterocycles. The molecule has 1 aliphatic carbocycles. The maximum Gasteiger partial charge on any atom is 0.121 e. The molecule has 116 valence electrons. The second-order valence-corrected chi connectivity index (χ2v) is 7.71. The molecule has 0 N–H and O–H groups in total. The van der Waals surface area contributed by atoms with Crippen molar-refractivity contribution in [2.75, 3.05) is 37.1 Å². The molecular formula is C18H22N2OS. The number of anilines is 1. The van der Waals surface area contributed by atoms with E-state index in [1.54, 1.807) is 7.11 Å². The number of thioether (sulfide) groups is 1. The normalized spacial score (nSPS) is 20.0. The first-order valence-electron chi connectivity index (χ1n) is 7.90. The molecule has 4 rings (SSSR count). The molecule has 2 aromatic rings. The van der Waals surface area contributed by atoms with Crippen molar-refractivity contribution in [2.45, 2.75) is 12.8 Å². The highest BCUT2D eigenvalue weighted by atomic mass is 32.2. The van der Waals surface area contributed by atoms with Crippen molar-refractivity contribution in [3.63, 3.8) is 0 Å². The summed E-state index contributed by atoms with van der Waals surface area (Å²) in [6.45, 7) is 2.42. The van der Waals surface area contributed by atoms with Gasteiger partial charge in [-0.3, -0.25) is 4.98 Å². The molecule has 3 nitrogen and oxygen atoms in total. The lowest BCUT2D eigenvalue weighted by molar-refractivity contribution is 0.0364. The molecule has 0 amide bonds. The van der Waals surface area contributed by atoms with E-state index in [2.05, 4.69) is 28.3 Å². The minimum Gasteiger partial charge on any atom is -0.497 e. The highest BCUT2D eigenvalue weighted by Gasteiger charge is 2.52. The summed E-state index contributed by atoms with van der Waals surface area (Å²) in [6, 6.07) is 8.34. The first-order chi connectivity index (χ1) is 10.7. The van der Waals surface area contributed by atoms with E-state index in [1.165, 1.54) is 42.8 Å². The Morgan fingerprint density at radius 3 is 2.86 bits per heavy atom. The molecule has 1 spiro atoms. The smallest absolute Gasteiger partial charge is 0.121 e. The summed E-state index contributed by atoms with van der Waals surface area (Å²) in [6.07, 6.45) is 6.97. The van der Waals surface area contributed by atoms with Gasteiger partial charge in [0.15, 0.2) is 0 Å². The Morgan fingerprint density at radius 2 is 2.14 bits per heavy atom. The third-order valence-corrected chi connectivity index (χ3v) is 5.97. The van der Waals surface area contributed by atoms with E-state index in [0.717, 1.165) is 17.2 Å². The van der Waals surface area contributed by atoms with Crippen molar-refractivity contribution in [1.82, 2.24) is 4.98 Å². The molecule has 2 fully saturated rings. The third-order valence-electron chi connectivity index (χ3n) is 5.17. The number of pyridine rings is 1. The number of fused-ring (bicyclic) bond motifs is 1. The highest BCUT2D eigenvalue weighted by molar-refractivity contribution is 7.98. The van der Waals surface area contributed by atoms with Gasteiger partial charge in [-0.1, -0.05) is 0 Å². The van der Waals surface area contributed by atoms with Gasteiger partial charge in [-0.05, 0) is 49.0 Å². The lowest BCUT2D eigenvalue weighted by atomic mass is 9.58. The molecule has 2 aliphatic rings. The first-order valence-corrected chi connectivity index (χ1v) is 9.29. The number of nitrogens with zero attached hydrogens (tertiary/aromatic N) is 2. The van der Waals surface area contributed by atoms with Gasteiger partial charge in [0.1, 0.15) is 5.75 Å². The predicted molar refractivity (Wildman–Crippen MR) is 94.0 cm³/mol. The maximum absolute atomic E-state index is 5.30. The van der Waals surface area contributed by atoms with Gasteiger partial charge in [0.2, 0.25) is 0 Å². The second kappa shape index (κ2) is 5.34. The van der Waals surface area contributed by atoms with Crippen molar-refractivity contribution >= 4 is 28.4 Å². The van der Waals surface area contributed by atoms with Crippen molar-refractivity contribution in [1.29, 1.82) is 0 Å². The van der Waals surface area contributed by atoms with E-state index in [4.69, 9.17) is 4.74 Å². The van der Waals surface area contributed by atoms with Crippen LogP contribution in [0.4, 0.5) is 5.69 Å². The molecule has 22 heavy (non-hydrogen) atoms. The van der Waals surface area contributed by atoms with Crippen LogP contribution in [0.2, 0.25) is 0 Å². The molecule has 0 bridgehead atoms. The van der Waals surface area contributed by atoms with Crippen LogP contribution in [-0.4, -0.2) is 37.2 Å². The van der Waals surface area contributed by atoms with E-state index in [1.807, 2.05) is 30.1 Å². The van der Waals surface area contributed by atoms with E-state index in [-0.39, 0.29) is 0 Å². The van der Waals surface area contributed by atoms with Crippen LogP contribution < -0.4 is 9.64 Å².